The summed E-state index contributed by atoms with van der Waals surface area (Å²) >= 11 is 1.00. The van der Waals surface area contributed by atoms with Gasteiger partial charge in [-0.15, -0.1) is 0 Å². The standard InChI is InChI=1S/C9H15N3O2S/c1-6(2)8(13)3-4-10-9(14)7-5-11-15-12-7/h5-6,8,13H,3-4H2,1-2H3,(H,10,14). The van der Waals surface area contributed by atoms with Crippen molar-refractivity contribution >= 4 is 17.6 Å². The predicted octanol–water partition coefficient (Wildman–Crippen LogP) is 0.675. The van der Waals surface area contributed by atoms with Crippen molar-refractivity contribution in [1.82, 2.24) is 14.1 Å². The summed E-state index contributed by atoms with van der Waals surface area (Å²) in [6.45, 7) is 4.34. The van der Waals surface area contributed by atoms with Gasteiger partial charge in [0.15, 0.2) is 5.69 Å². The summed E-state index contributed by atoms with van der Waals surface area (Å²) in [5, 5.41) is 12.2. The third-order valence-corrected chi connectivity index (χ3v) is 2.57. The van der Waals surface area contributed by atoms with Crippen LogP contribution in [0.15, 0.2) is 6.20 Å². The van der Waals surface area contributed by atoms with Crippen LogP contribution in [-0.4, -0.2) is 32.4 Å². The van der Waals surface area contributed by atoms with Gasteiger partial charge in [0.2, 0.25) is 0 Å². The number of hydrogen-bond acceptors (Lipinski definition) is 5. The molecule has 6 heteroatoms. The molecule has 5 nitrogen and oxygen atoms in total. The number of rotatable bonds is 5. The van der Waals surface area contributed by atoms with E-state index >= 15 is 0 Å². The summed E-state index contributed by atoms with van der Waals surface area (Å²) in [6.07, 6.45) is 1.61. The largest absolute Gasteiger partial charge is 0.393 e. The third kappa shape index (κ3) is 3.93. The van der Waals surface area contributed by atoms with Crippen LogP contribution >= 0.6 is 11.7 Å². The molecular weight excluding hydrogens is 214 g/mol. The van der Waals surface area contributed by atoms with Gasteiger partial charge in [0.05, 0.1) is 24.0 Å². The Labute approximate surface area is 92.9 Å². The first-order valence-electron chi connectivity index (χ1n) is 4.85. The Morgan fingerprint density at radius 2 is 2.40 bits per heavy atom. The van der Waals surface area contributed by atoms with Gasteiger partial charge in [-0.2, -0.15) is 8.75 Å². The Bertz CT molecular complexity index is 300. The second-order valence-electron chi connectivity index (χ2n) is 3.65. The monoisotopic (exact) mass is 229 g/mol. The molecule has 1 unspecified atom stereocenters. The van der Waals surface area contributed by atoms with Gasteiger partial charge in [-0.1, -0.05) is 13.8 Å². The molecule has 0 aliphatic carbocycles. The van der Waals surface area contributed by atoms with Gasteiger partial charge in [0.25, 0.3) is 5.91 Å². The maximum absolute atomic E-state index is 11.4. The fraction of sp³-hybridized carbons (Fsp3) is 0.667. The lowest BCUT2D eigenvalue weighted by Crippen LogP contribution is -2.28. The maximum Gasteiger partial charge on any atom is 0.272 e. The summed E-state index contributed by atoms with van der Waals surface area (Å²) < 4.78 is 7.54. The van der Waals surface area contributed by atoms with Crippen LogP contribution in [0.25, 0.3) is 0 Å². The van der Waals surface area contributed by atoms with E-state index < -0.39 is 0 Å². The minimum absolute atomic E-state index is 0.211. The van der Waals surface area contributed by atoms with Crippen molar-refractivity contribution in [2.45, 2.75) is 26.4 Å². The Morgan fingerprint density at radius 1 is 1.67 bits per heavy atom. The van der Waals surface area contributed by atoms with Crippen molar-refractivity contribution in [3.63, 3.8) is 0 Å². The molecule has 0 fully saturated rings. The molecule has 0 aromatic carbocycles. The van der Waals surface area contributed by atoms with E-state index in [-0.39, 0.29) is 17.9 Å². The Morgan fingerprint density at radius 3 is 2.93 bits per heavy atom. The SMILES string of the molecule is CC(C)C(O)CCNC(=O)c1cnsn1. The van der Waals surface area contributed by atoms with Gasteiger partial charge in [-0.05, 0) is 12.3 Å². The van der Waals surface area contributed by atoms with Crippen LogP contribution in [0.3, 0.4) is 0 Å². The first-order chi connectivity index (χ1) is 7.11. The molecular formula is C9H15N3O2S. The minimum atomic E-state index is -0.376. The van der Waals surface area contributed by atoms with Crippen LogP contribution in [0, 0.1) is 5.92 Å². The van der Waals surface area contributed by atoms with Gasteiger partial charge in [0, 0.05) is 6.54 Å². The Kier molecular flexibility index (Phi) is 4.64. The van der Waals surface area contributed by atoms with Gasteiger partial charge in [-0.3, -0.25) is 4.79 Å². The summed E-state index contributed by atoms with van der Waals surface area (Å²) in [5.41, 5.74) is 0.332. The van der Waals surface area contributed by atoms with Crippen molar-refractivity contribution in [1.29, 1.82) is 0 Å². The fourth-order valence-electron chi connectivity index (χ4n) is 1.02. The molecule has 2 N–H and O–H groups in total. The van der Waals surface area contributed by atoms with E-state index in [1.54, 1.807) is 0 Å². The molecule has 84 valence electrons. The number of aliphatic hydroxyl groups is 1. The maximum atomic E-state index is 11.4. The smallest absolute Gasteiger partial charge is 0.272 e. The van der Waals surface area contributed by atoms with Crippen LogP contribution in [0.4, 0.5) is 0 Å². The highest BCUT2D eigenvalue weighted by atomic mass is 32.1. The van der Waals surface area contributed by atoms with E-state index in [9.17, 15) is 9.90 Å². The first kappa shape index (κ1) is 12.1. The third-order valence-electron chi connectivity index (χ3n) is 2.09. The lowest BCUT2D eigenvalue weighted by molar-refractivity contribution is 0.0916. The molecule has 1 amide bonds. The lowest BCUT2D eigenvalue weighted by atomic mass is 10.0. The van der Waals surface area contributed by atoms with Crippen LogP contribution in [0.1, 0.15) is 30.8 Å². The highest BCUT2D eigenvalue weighted by molar-refractivity contribution is 6.99. The molecule has 0 radical (unpaired) electrons. The average Bonchev–Trinajstić information content (AvgIpc) is 2.70. The minimum Gasteiger partial charge on any atom is -0.393 e. The number of aromatic nitrogens is 2. The molecule has 15 heavy (non-hydrogen) atoms. The number of aliphatic hydroxyl groups excluding tert-OH is 1. The lowest BCUT2D eigenvalue weighted by Gasteiger charge is -2.13. The normalized spacial score (nSPS) is 12.8. The Balaban J connectivity index is 2.24. The quantitative estimate of drug-likeness (QED) is 0.778. The molecule has 1 aromatic heterocycles. The van der Waals surface area contributed by atoms with Crippen molar-refractivity contribution < 1.29 is 9.90 Å². The molecule has 0 saturated carbocycles. The average molecular weight is 229 g/mol. The number of carbonyl (C=O) groups excluding carboxylic acids is 1. The van der Waals surface area contributed by atoms with Crippen LogP contribution in [-0.2, 0) is 0 Å². The van der Waals surface area contributed by atoms with Crippen molar-refractivity contribution in [2.75, 3.05) is 6.54 Å². The first-order valence-corrected chi connectivity index (χ1v) is 5.58. The Hall–Kier alpha value is -1.01. The van der Waals surface area contributed by atoms with E-state index in [1.807, 2.05) is 13.8 Å². The number of carbonyl (C=O) groups is 1. The number of amides is 1. The highest BCUT2D eigenvalue weighted by Crippen LogP contribution is 2.04. The van der Waals surface area contributed by atoms with Crippen LogP contribution in [0.5, 0.6) is 0 Å². The molecule has 1 atom stereocenters. The molecule has 0 aliphatic rings. The topological polar surface area (TPSA) is 75.1 Å². The van der Waals surface area contributed by atoms with E-state index in [0.717, 1.165) is 11.7 Å². The molecule has 0 spiro atoms. The molecule has 1 heterocycles. The van der Waals surface area contributed by atoms with Gasteiger partial charge >= 0.3 is 0 Å². The number of nitrogens with zero attached hydrogens (tertiary/aromatic N) is 2. The molecule has 0 aliphatic heterocycles. The summed E-state index contributed by atoms with van der Waals surface area (Å²) in [5.74, 6) is -0.0254. The summed E-state index contributed by atoms with van der Waals surface area (Å²) in [7, 11) is 0. The summed E-state index contributed by atoms with van der Waals surface area (Å²) in [6, 6.07) is 0. The van der Waals surface area contributed by atoms with E-state index in [4.69, 9.17) is 0 Å². The van der Waals surface area contributed by atoms with E-state index in [0.29, 0.717) is 18.7 Å². The predicted molar refractivity (Wildman–Crippen MR) is 57.7 cm³/mol. The molecule has 1 aromatic rings. The van der Waals surface area contributed by atoms with Crippen LogP contribution in [0.2, 0.25) is 0 Å². The van der Waals surface area contributed by atoms with E-state index in [1.165, 1.54) is 6.20 Å². The second kappa shape index (κ2) is 5.77. The van der Waals surface area contributed by atoms with Crippen LogP contribution < -0.4 is 5.32 Å². The van der Waals surface area contributed by atoms with Crippen molar-refractivity contribution in [3.05, 3.63) is 11.9 Å². The highest BCUT2D eigenvalue weighted by Gasteiger charge is 2.11. The van der Waals surface area contributed by atoms with Crippen molar-refractivity contribution in [2.24, 2.45) is 5.92 Å². The van der Waals surface area contributed by atoms with Gasteiger partial charge in [0.1, 0.15) is 0 Å². The summed E-state index contributed by atoms with van der Waals surface area (Å²) in [4.78, 5) is 11.4. The number of hydrogen-bond donors (Lipinski definition) is 2. The second-order valence-corrected chi connectivity index (χ2v) is 4.21. The van der Waals surface area contributed by atoms with E-state index in [2.05, 4.69) is 14.1 Å². The zero-order valence-electron chi connectivity index (χ0n) is 8.80. The zero-order chi connectivity index (χ0) is 11.3. The number of nitrogens with one attached hydrogen (secondary N) is 1. The van der Waals surface area contributed by atoms with Gasteiger partial charge < -0.3 is 10.4 Å². The molecule has 0 saturated heterocycles. The fourth-order valence-corrected chi connectivity index (χ4v) is 1.43. The van der Waals surface area contributed by atoms with Gasteiger partial charge in [-0.25, -0.2) is 0 Å². The van der Waals surface area contributed by atoms with Crippen molar-refractivity contribution in [3.8, 4) is 0 Å². The molecule has 1 rings (SSSR count). The zero-order valence-corrected chi connectivity index (χ0v) is 9.62. The molecule has 0 bridgehead atoms.